The average Bonchev–Trinajstić information content (AvgIpc) is 3.46. The molecule has 6 nitrogen and oxygen atoms in total. The number of benzene rings is 2. The van der Waals surface area contributed by atoms with Gasteiger partial charge in [-0.15, -0.1) is 0 Å². The Labute approximate surface area is 196 Å². The van der Waals surface area contributed by atoms with Crippen molar-refractivity contribution in [1.29, 1.82) is 0 Å². The van der Waals surface area contributed by atoms with Gasteiger partial charge in [-0.05, 0) is 79.6 Å². The van der Waals surface area contributed by atoms with Crippen molar-refractivity contribution in [3.63, 3.8) is 0 Å². The maximum atomic E-state index is 13.4. The molecule has 2 fully saturated rings. The van der Waals surface area contributed by atoms with Crippen LogP contribution >= 0.6 is 0 Å². The summed E-state index contributed by atoms with van der Waals surface area (Å²) >= 11 is 0. The fourth-order valence-corrected chi connectivity index (χ4v) is 4.61. The minimum Gasteiger partial charge on any atom is -0.497 e. The molecule has 2 aromatic rings. The number of nitrogens with zero attached hydrogens (tertiary/aromatic N) is 2. The predicted octanol–water partition coefficient (Wildman–Crippen LogP) is 4.94. The molecule has 0 aliphatic heterocycles. The molecule has 0 aromatic heterocycles. The normalized spacial score (nSPS) is 15.8. The van der Waals surface area contributed by atoms with Crippen LogP contribution in [0.25, 0.3) is 0 Å². The van der Waals surface area contributed by atoms with Crippen molar-refractivity contribution in [3.05, 3.63) is 53.6 Å². The monoisotopic (exact) mass is 449 g/mol. The number of nitrogens with one attached hydrogen (secondary N) is 1. The fraction of sp³-hybridized carbons (Fsp3) is 0.481. The summed E-state index contributed by atoms with van der Waals surface area (Å²) in [6.45, 7) is 1.25. The highest BCUT2D eigenvalue weighted by molar-refractivity contribution is 5.95. The zero-order valence-corrected chi connectivity index (χ0v) is 20.0. The molecule has 0 heterocycles. The second-order valence-corrected chi connectivity index (χ2v) is 9.57. The van der Waals surface area contributed by atoms with Crippen LogP contribution in [0.3, 0.4) is 0 Å². The summed E-state index contributed by atoms with van der Waals surface area (Å²) in [5.74, 6) is 1.56. The van der Waals surface area contributed by atoms with E-state index >= 15 is 0 Å². The van der Waals surface area contributed by atoms with Crippen molar-refractivity contribution >= 4 is 23.2 Å². The number of ether oxygens (including phenoxy) is 1. The van der Waals surface area contributed by atoms with E-state index in [9.17, 15) is 9.59 Å². The number of amides is 2. The first kappa shape index (κ1) is 23.1. The molecule has 0 bridgehead atoms. The van der Waals surface area contributed by atoms with E-state index in [1.807, 2.05) is 61.5 Å². The van der Waals surface area contributed by atoms with E-state index < -0.39 is 0 Å². The van der Waals surface area contributed by atoms with Gasteiger partial charge in [0.1, 0.15) is 5.75 Å². The maximum Gasteiger partial charge on any atom is 0.254 e. The van der Waals surface area contributed by atoms with Crippen LogP contribution in [-0.4, -0.2) is 44.5 Å². The first-order chi connectivity index (χ1) is 15.9. The summed E-state index contributed by atoms with van der Waals surface area (Å²) in [7, 11) is 5.63. The quantitative estimate of drug-likeness (QED) is 0.589. The number of anilines is 2. The smallest absolute Gasteiger partial charge is 0.254 e. The number of hydrogen-bond donors (Lipinski definition) is 1. The van der Waals surface area contributed by atoms with Gasteiger partial charge in [-0.3, -0.25) is 9.59 Å². The Kier molecular flexibility index (Phi) is 7.21. The predicted molar refractivity (Wildman–Crippen MR) is 132 cm³/mol. The minimum absolute atomic E-state index is 0.0228. The molecule has 2 aliphatic carbocycles. The Hall–Kier alpha value is -3.02. The second kappa shape index (κ2) is 10.3. The van der Waals surface area contributed by atoms with Crippen LogP contribution in [0.5, 0.6) is 5.75 Å². The van der Waals surface area contributed by atoms with Crippen molar-refractivity contribution < 1.29 is 14.3 Å². The molecule has 0 spiro atoms. The van der Waals surface area contributed by atoms with Gasteiger partial charge < -0.3 is 19.9 Å². The van der Waals surface area contributed by atoms with Crippen LogP contribution in [0.2, 0.25) is 0 Å². The Morgan fingerprint density at radius 1 is 1.00 bits per heavy atom. The summed E-state index contributed by atoms with van der Waals surface area (Å²) < 4.78 is 5.24. The van der Waals surface area contributed by atoms with Crippen LogP contribution < -0.4 is 15.0 Å². The molecule has 0 unspecified atom stereocenters. The van der Waals surface area contributed by atoms with Crippen molar-refractivity contribution in [1.82, 2.24) is 4.90 Å². The molecule has 6 heteroatoms. The molecule has 0 atom stereocenters. The number of carbonyl (C=O) groups excluding carboxylic acids is 2. The van der Waals surface area contributed by atoms with Crippen LogP contribution in [0.1, 0.15) is 54.4 Å². The minimum atomic E-state index is 0.0228. The lowest BCUT2D eigenvalue weighted by molar-refractivity contribution is -0.119. The lowest BCUT2D eigenvalue weighted by Gasteiger charge is -2.26. The lowest BCUT2D eigenvalue weighted by Crippen LogP contribution is -2.33. The Balaban J connectivity index is 1.56. The number of hydrogen-bond acceptors (Lipinski definition) is 4. The lowest BCUT2D eigenvalue weighted by atomic mass is 10.1. The molecule has 0 radical (unpaired) electrons. The zero-order valence-electron chi connectivity index (χ0n) is 20.0. The average molecular weight is 450 g/mol. The molecule has 2 aromatic carbocycles. The van der Waals surface area contributed by atoms with E-state index in [1.54, 1.807) is 7.11 Å². The Bertz CT molecular complexity index is 977. The zero-order chi connectivity index (χ0) is 23.4. The molecular weight excluding hydrogens is 414 g/mol. The van der Waals surface area contributed by atoms with Crippen LogP contribution in [0.15, 0.2) is 42.5 Å². The molecule has 176 valence electrons. The Morgan fingerprint density at radius 2 is 1.70 bits per heavy atom. The second-order valence-electron chi connectivity index (χ2n) is 9.57. The molecular formula is C27H35N3O3. The van der Waals surface area contributed by atoms with Gasteiger partial charge in [0, 0.05) is 50.0 Å². The Morgan fingerprint density at radius 3 is 2.30 bits per heavy atom. The van der Waals surface area contributed by atoms with Gasteiger partial charge >= 0.3 is 0 Å². The van der Waals surface area contributed by atoms with E-state index in [4.69, 9.17) is 4.74 Å². The van der Waals surface area contributed by atoms with Crippen LogP contribution in [0, 0.1) is 11.8 Å². The van der Waals surface area contributed by atoms with E-state index in [2.05, 4.69) is 10.2 Å². The first-order valence-electron chi connectivity index (χ1n) is 12.0. The van der Waals surface area contributed by atoms with Gasteiger partial charge in [-0.1, -0.05) is 12.8 Å². The highest BCUT2D eigenvalue weighted by Gasteiger charge is 2.28. The molecule has 2 saturated carbocycles. The molecule has 4 rings (SSSR count). The van der Waals surface area contributed by atoms with E-state index in [0.717, 1.165) is 54.9 Å². The third kappa shape index (κ3) is 5.86. The standard InChI is InChI=1S/C27H35N3O3/c1-29(2)25-15-12-23(28-26(31)20-6-4-5-7-20)16-22(25)18-30(17-19-8-9-19)27(32)21-10-13-24(33-3)14-11-21/h10-16,19-20H,4-9,17-18H2,1-3H3,(H,28,31). The highest BCUT2D eigenvalue weighted by Crippen LogP contribution is 2.33. The van der Waals surface area contributed by atoms with Gasteiger partial charge in [-0.2, -0.15) is 0 Å². The van der Waals surface area contributed by atoms with E-state index in [0.29, 0.717) is 18.0 Å². The summed E-state index contributed by atoms with van der Waals surface area (Å²) in [6, 6.07) is 13.3. The van der Waals surface area contributed by atoms with Gasteiger partial charge in [0.15, 0.2) is 0 Å². The highest BCUT2D eigenvalue weighted by atomic mass is 16.5. The number of methoxy groups -OCH3 is 1. The first-order valence-corrected chi connectivity index (χ1v) is 12.0. The van der Waals surface area contributed by atoms with E-state index in [1.165, 1.54) is 12.8 Å². The van der Waals surface area contributed by atoms with Gasteiger partial charge in [0.05, 0.1) is 7.11 Å². The van der Waals surface area contributed by atoms with Gasteiger partial charge in [0.25, 0.3) is 5.91 Å². The van der Waals surface area contributed by atoms with Crippen molar-refractivity contribution in [3.8, 4) is 5.75 Å². The largest absolute Gasteiger partial charge is 0.497 e. The molecule has 1 N–H and O–H groups in total. The van der Waals surface area contributed by atoms with Crippen molar-refractivity contribution in [2.75, 3.05) is 38.0 Å². The third-order valence-electron chi connectivity index (χ3n) is 6.72. The molecule has 2 amide bonds. The molecule has 0 saturated heterocycles. The fourth-order valence-electron chi connectivity index (χ4n) is 4.61. The van der Waals surface area contributed by atoms with Gasteiger partial charge in [-0.25, -0.2) is 0 Å². The van der Waals surface area contributed by atoms with Crippen LogP contribution in [0.4, 0.5) is 11.4 Å². The SMILES string of the molecule is COc1ccc(C(=O)N(Cc2cc(NC(=O)C3CCCC3)ccc2N(C)C)CC2CC2)cc1. The summed E-state index contributed by atoms with van der Waals surface area (Å²) in [4.78, 5) is 30.1. The van der Waals surface area contributed by atoms with Gasteiger partial charge in [0.2, 0.25) is 5.91 Å². The molecule has 33 heavy (non-hydrogen) atoms. The van der Waals surface area contributed by atoms with E-state index in [-0.39, 0.29) is 17.7 Å². The van der Waals surface area contributed by atoms with Crippen LogP contribution in [-0.2, 0) is 11.3 Å². The third-order valence-corrected chi connectivity index (χ3v) is 6.72. The van der Waals surface area contributed by atoms with Crippen molar-refractivity contribution in [2.24, 2.45) is 11.8 Å². The number of rotatable bonds is 9. The summed E-state index contributed by atoms with van der Waals surface area (Å²) in [5.41, 5.74) is 3.55. The summed E-state index contributed by atoms with van der Waals surface area (Å²) in [6.07, 6.45) is 6.55. The summed E-state index contributed by atoms with van der Waals surface area (Å²) in [5, 5.41) is 3.12. The van der Waals surface area contributed by atoms with Crippen molar-refractivity contribution in [2.45, 2.75) is 45.1 Å². The molecule has 2 aliphatic rings. The topological polar surface area (TPSA) is 61.9 Å². The number of carbonyl (C=O) groups is 2. The maximum absolute atomic E-state index is 13.4.